The Morgan fingerprint density at radius 1 is 0.913 bits per heavy atom. The van der Waals surface area contributed by atoms with Gasteiger partial charge < -0.3 is 0 Å². The van der Waals surface area contributed by atoms with Crippen LogP contribution in [-0.2, 0) is 0 Å². The highest BCUT2D eigenvalue weighted by molar-refractivity contribution is 8.00. The number of thiol groups is 2. The summed E-state index contributed by atoms with van der Waals surface area (Å²) in [5, 5.41) is 1.95. The molecule has 0 amide bonds. The summed E-state index contributed by atoms with van der Waals surface area (Å²) in [5.41, 5.74) is 0. The molecular formula is C20H36S3. The van der Waals surface area contributed by atoms with E-state index in [2.05, 4.69) is 50.9 Å². The van der Waals surface area contributed by atoms with Crippen LogP contribution in [0.5, 0.6) is 0 Å². The van der Waals surface area contributed by atoms with Gasteiger partial charge in [-0.3, -0.25) is 0 Å². The summed E-state index contributed by atoms with van der Waals surface area (Å²) in [6.45, 7) is 4.93. The number of fused-ring (bicyclic) bond motifs is 2. The first-order chi connectivity index (χ1) is 11.1. The summed E-state index contributed by atoms with van der Waals surface area (Å²) in [7, 11) is 0. The van der Waals surface area contributed by atoms with Gasteiger partial charge in [0.2, 0.25) is 0 Å². The summed E-state index contributed by atoms with van der Waals surface area (Å²) in [6, 6.07) is 0. The Balaban J connectivity index is 1.51. The lowest BCUT2D eigenvalue weighted by Gasteiger charge is -2.31. The zero-order chi connectivity index (χ0) is 16.4. The van der Waals surface area contributed by atoms with Gasteiger partial charge in [-0.2, -0.15) is 37.0 Å². The Bertz CT molecular complexity index is 372. The molecule has 3 aliphatic carbocycles. The van der Waals surface area contributed by atoms with Gasteiger partial charge in [0, 0.05) is 10.5 Å². The van der Waals surface area contributed by atoms with Crippen molar-refractivity contribution in [1.82, 2.24) is 0 Å². The summed E-state index contributed by atoms with van der Waals surface area (Å²) in [5.74, 6) is 8.06. The number of thioether (sulfide) groups is 1. The van der Waals surface area contributed by atoms with E-state index in [1.165, 1.54) is 44.9 Å². The van der Waals surface area contributed by atoms with E-state index in [9.17, 15) is 0 Å². The number of rotatable bonds is 8. The second-order valence-corrected chi connectivity index (χ2v) is 11.3. The van der Waals surface area contributed by atoms with E-state index in [4.69, 9.17) is 0 Å². The van der Waals surface area contributed by atoms with Crippen LogP contribution in [0.15, 0.2) is 0 Å². The van der Waals surface area contributed by atoms with Crippen LogP contribution in [0.1, 0.15) is 65.2 Å². The summed E-state index contributed by atoms with van der Waals surface area (Å²) < 4.78 is 0. The van der Waals surface area contributed by atoms with Crippen LogP contribution in [0.4, 0.5) is 0 Å². The minimum absolute atomic E-state index is 0.866. The SMILES string of the molecule is CC(CCS)CC1CC(C)CC1SC1CC2CC1CC2CCS. The molecule has 0 saturated heterocycles. The fourth-order valence-electron chi connectivity index (χ4n) is 5.88. The Hall–Kier alpha value is 1.05. The smallest absolute Gasteiger partial charge is 0.00811 e. The predicted molar refractivity (Wildman–Crippen MR) is 112 cm³/mol. The van der Waals surface area contributed by atoms with Gasteiger partial charge in [-0.15, -0.1) is 0 Å². The zero-order valence-electron chi connectivity index (χ0n) is 15.0. The molecular weight excluding hydrogens is 336 g/mol. The molecule has 2 bridgehead atoms. The van der Waals surface area contributed by atoms with Gasteiger partial charge in [0.25, 0.3) is 0 Å². The highest BCUT2D eigenvalue weighted by atomic mass is 32.2. The minimum atomic E-state index is 0.866. The van der Waals surface area contributed by atoms with Crippen molar-refractivity contribution < 1.29 is 0 Å². The molecule has 3 fully saturated rings. The van der Waals surface area contributed by atoms with Gasteiger partial charge in [0.15, 0.2) is 0 Å². The zero-order valence-corrected chi connectivity index (χ0v) is 17.6. The molecule has 8 unspecified atom stereocenters. The Morgan fingerprint density at radius 3 is 2.39 bits per heavy atom. The maximum atomic E-state index is 4.47. The first-order valence-electron chi connectivity index (χ1n) is 9.97. The molecule has 3 heteroatoms. The van der Waals surface area contributed by atoms with Crippen LogP contribution in [0.25, 0.3) is 0 Å². The van der Waals surface area contributed by atoms with Gasteiger partial charge in [0.1, 0.15) is 0 Å². The minimum Gasteiger partial charge on any atom is -0.179 e. The lowest BCUT2D eigenvalue weighted by Crippen LogP contribution is -2.24. The topological polar surface area (TPSA) is 0 Å². The molecule has 0 aromatic carbocycles. The van der Waals surface area contributed by atoms with Crippen LogP contribution >= 0.6 is 37.0 Å². The number of hydrogen-bond acceptors (Lipinski definition) is 3. The molecule has 0 N–H and O–H groups in total. The normalized spacial score (nSPS) is 44.1. The van der Waals surface area contributed by atoms with E-state index in [1.807, 2.05) is 0 Å². The lowest BCUT2D eigenvalue weighted by molar-refractivity contribution is 0.331. The lowest BCUT2D eigenvalue weighted by atomic mass is 9.87. The molecule has 8 atom stereocenters. The Kier molecular flexibility index (Phi) is 7.06. The highest BCUT2D eigenvalue weighted by Crippen LogP contribution is 2.56. The van der Waals surface area contributed by atoms with Gasteiger partial charge in [-0.05, 0) is 98.4 Å². The molecule has 3 saturated carbocycles. The average molecular weight is 373 g/mol. The molecule has 0 spiro atoms. The largest absolute Gasteiger partial charge is 0.179 e. The molecule has 23 heavy (non-hydrogen) atoms. The standard InChI is InChI=1S/C20H36S3/c1-13(3-5-21)7-17-8-14(2)9-19(17)23-20-12-16-11-18(20)10-15(16)4-6-22/h13-22H,3-12H2,1-2H3. The molecule has 0 heterocycles. The quantitative estimate of drug-likeness (QED) is 0.477. The van der Waals surface area contributed by atoms with E-state index >= 15 is 0 Å². The van der Waals surface area contributed by atoms with Crippen molar-refractivity contribution in [2.24, 2.45) is 35.5 Å². The van der Waals surface area contributed by atoms with Crippen molar-refractivity contribution in [2.45, 2.75) is 75.7 Å². The van der Waals surface area contributed by atoms with E-state index in [0.717, 1.165) is 57.5 Å². The summed E-state index contributed by atoms with van der Waals surface area (Å²) in [4.78, 5) is 0. The van der Waals surface area contributed by atoms with Crippen molar-refractivity contribution in [3.63, 3.8) is 0 Å². The molecule has 0 aliphatic heterocycles. The molecule has 0 aromatic heterocycles. The van der Waals surface area contributed by atoms with Crippen LogP contribution < -0.4 is 0 Å². The fourth-order valence-corrected chi connectivity index (χ4v) is 8.78. The first kappa shape index (κ1) is 18.8. The highest BCUT2D eigenvalue weighted by Gasteiger charge is 2.47. The van der Waals surface area contributed by atoms with E-state index < -0.39 is 0 Å². The van der Waals surface area contributed by atoms with Crippen LogP contribution in [-0.4, -0.2) is 22.0 Å². The van der Waals surface area contributed by atoms with Crippen molar-refractivity contribution >= 4 is 37.0 Å². The van der Waals surface area contributed by atoms with Gasteiger partial charge in [-0.1, -0.05) is 13.8 Å². The van der Waals surface area contributed by atoms with E-state index in [0.29, 0.717) is 0 Å². The summed E-state index contributed by atoms with van der Waals surface area (Å²) >= 11 is 11.3. The summed E-state index contributed by atoms with van der Waals surface area (Å²) in [6.07, 6.45) is 11.7. The maximum absolute atomic E-state index is 4.47. The van der Waals surface area contributed by atoms with Crippen LogP contribution in [0.2, 0.25) is 0 Å². The monoisotopic (exact) mass is 372 g/mol. The number of hydrogen-bond donors (Lipinski definition) is 2. The van der Waals surface area contributed by atoms with Gasteiger partial charge >= 0.3 is 0 Å². The third-order valence-corrected chi connectivity index (χ3v) is 9.35. The molecule has 0 nitrogen and oxygen atoms in total. The maximum Gasteiger partial charge on any atom is 0.00811 e. The fraction of sp³-hybridized carbons (Fsp3) is 1.00. The van der Waals surface area contributed by atoms with E-state index in [-0.39, 0.29) is 0 Å². The van der Waals surface area contributed by atoms with Crippen molar-refractivity contribution in [1.29, 1.82) is 0 Å². The first-order valence-corrected chi connectivity index (χ1v) is 12.2. The van der Waals surface area contributed by atoms with Crippen LogP contribution in [0.3, 0.4) is 0 Å². The predicted octanol–water partition coefficient (Wildman–Crippen LogP) is 6.22. The Morgan fingerprint density at radius 2 is 1.74 bits per heavy atom. The third kappa shape index (κ3) is 4.61. The molecule has 0 radical (unpaired) electrons. The van der Waals surface area contributed by atoms with Gasteiger partial charge in [0.05, 0.1) is 0 Å². The second kappa shape index (κ2) is 8.62. The van der Waals surface area contributed by atoms with Crippen molar-refractivity contribution in [3.8, 4) is 0 Å². The van der Waals surface area contributed by atoms with E-state index in [1.54, 1.807) is 6.42 Å². The second-order valence-electron chi connectivity index (χ2n) is 8.90. The molecule has 134 valence electrons. The van der Waals surface area contributed by atoms with Crippen molar-refractivity contribution in [2.75, 3.05) is 11.5 Å². The molecule has 0 aromatic rings. The molecule has 3 aliphatic rings. The molecule has 3 rings (SSSR count). The third-order valence-electron chi connectivity index (χ3n) is 6.98. The van der Waals surface area contributed by atoms with Crippen LogP contribution in [0, 0.1) is 35.5 Å². The Labute approximate surface area is 159 Å². The average Bonchev–Trinajstić information content (AvgIpc) is 3.15. The van der Waals surface area contributed by atoms with Crippen molar-refractivity contribution in [3.05, 3.63) is 0 Å². The van der Waals surface area contributed by atoms with Gasteiger partial charge in [-0.25, -0.2) is 0 Å².